The van der Waals surface area contributed by atoms with Gasteiger partial charge < -0.3 is 19.2 Å². The number of aromatic nitrogens is 2. The Morgan fingerprint density at radius 3 is 2.52 bits per heavy atom. The number of carbonyl (C=O) groups is 1. The van der Waals surface area contributed by atoms with Gasteiger partial charge in [-0.1, -0.05) is 6.07 Å². The van der Waals surface area contributed by atoms with Crippen LogP contribution in [0, 0.1) is 5.82 Å². The Bertz CT molecular complexity index is 1060. The lowest BCUT2D eigenvalue weighted by atomic mass is 10.2. The molecule has 0 saturated heterocycles. The summed E-state index contributed by atoms with van der Waals surface area (Å²) in [6.07, 6.45) is 0. The molecule has 2 aromatic carbocycles. The maximum absolute atomic E-state index is 13.1. The number of nitrogens with zero attached hydrogens (tertiary/aromatic N) is 2. The predicted molar refractivity (Wildman–Crippen MR) is 102 cm³/mol. The molecule has 8 nitrogen and oxygen atoms in total. The Hall–Kier alpha value is -3.62. The summed E-state index contributed by atoms with van der Waals surface area (Å²) in [5.74, 6) is -0.478. The van der Waals surface area contributed by atoms with E-state index in [1.165, 1.54) is 45.4 Å². The van der Waals surface area contributed by atoms with Gasteiger partial charge in [-0.05, 0) is 48.9 Å². The number of halogens is 1. The Kier molecular flexibility index (Phi) is 5.96. The quantitative estimate of drug-likeness (QED) is 0.654. The largest absolute Gasteiger partial charge is 0.493 e. The maximum atomic E-state index is 13.1. The molecular formula is C20H20FN3O5. The number of ether oxygens (including phenoxy) is 2. The first-order valence-electron chi connectivity index (χ1n) is 8.77. The highest BCUT2D eigenvalue weighted by atomic mass is 19.1. The predicted octanol–water partition coefficient (Wildman–Crippen LogP) is 2.54. The lowest BCUT2D eigenvalue weighted by Gasteiger charge is -2.13. The van der Waals surface area contributed by atoms with Gasteiger partial charge in [0.15, 0.2) is 11.5 Å². The van der Waals surface area contributed by atoms with Crippen LogP contribution in [0.15, 0.2) is 51.7 Å². The van der Waals surface area contributed by atoms with Gasteiger partial charge in [0.05, 0.1) is 14.2 Å². The van der Waals surface area contributed by atoms with Crippen LogP contribution in [0.1, 0.15) is 18.5 Å². The molecule has 0 spiro atoms. The first-order chi connectivity index (χ1) is 13.9. The van der Waals surface area contributed by atoms with E-state index in [1.807, 2.05) is 0 Å². The van der Waals surface area contributed by atoms with Crippen LogP contribution < -0.4 is 20.5 Å². The van der Waals surface area contributed by atoms with Gasteiger partial charge in [-0.2, -0.15) is 4.68 Å². The van der Waals surface area contributed by atoms with Crippen molar-refractivity contribution < 1.29 is 23.1 Å². The molecule has 0 bridgehead atoms. The summed E-state index contributed by atoms with van der Waals surface area (Å²) in [5.41, 5.74) is 1.22. The number of hydrogen-bond donors (Lipinski definition) is 1. The van der Waals surface area contributed by atoms with Crippen molar-refractivity contribution in [2.24, 2.45) is 0 Å². The van der Waals surface area contributed by atoms with Crippen LogP contribution >= 0.6 is 0 Å². The van der Waals surface area contributed by atoms with Gasteiger partial charge in [0.25, 0.3) is 0 Å². The molecule has 9 heteroatoms. The molecule has 0 aliphatic heterocycles. The van der Waals surface area contributed by atoms with Crippen LogP contribution in [0.4, 0.5) is 4.39 Å². The molecule has 1 N–H and O–H groups in total. The third kappa shape index (κ3) is 4.45. The van der Waals surface area contributed by atoms with Crippen LogP contribution in [0.2, 0.25) is 0 Å². The molecule has 3 aromatic rings. The highest BCUT2D eigenvalue weighted by Crippen LogP contribution is 2.27. The van der Waals surface area contributed by atoms with Crippen molar-refractivity contribution in [2.45, 2.75) is 19.5 Å². The lowest BCUT2D eigenvalue weighted by molar-refractivity contribution is -0.124. The number of methoxy groups -OCH3 is 2. The monoisotopic (exact) mass is 401 g/mol. The average Bonchev–Trinajstić information content (AvgIpc) is 3.13. The van der Waals surface area contributed by atoms with Crippen LogP contribution in [0.25, 0.3) is 11.5 Å². The molecule has 152 valence electrons. The molecular weight excluding hydrogens is 381 g/mol. The molecule has 0 aliphatic rings. The van der Waals surface area contributed by atoms with Crippen molar-refractivity contribution in [1.82, 2.24) is 15.1 Å². The first-order valence-corrected chi connectivity index (χ1v) is 8.77. The van der Waals surface area contributed by atoms with Crippen LogP contribution in [0.3, 0.4) is 0 Å². The van der Waals surface area contributed by atoms with E-state index in [-0.39, 0.29) is 12.4 Å². The summed E-state index contributed by atoms with van der Waals surface area (Å²) in [6.45, 7) is 1.75. The fraction of sp³-hybridized carbons (Fsp3) is 0.250. The highest BCUT2D eigenvalue weighted by Gasteiger charge is 2.21. The second-order valence-electron chi connectivity index (χ2n) is 6.21. The molecule has 0 unspecified atom stereocenters. The van der Waals surface area contributed by atoms with Gasteiger partial charge in [0.2, 0.25) is 11.8 Å². The summed E-state index contributed by atoms with van der Waals surface area (Å²) in [6, 6.07) is 9.71. The molecule has 1 aromatic heterocycles. The first kappa shape index (κ1) is 20.1. The number of rotatable bonds is 7. The van der Waals surface area contributed by atoms with Crippen molar-refractivity contribution in [3.8, 4) is 23.0 Å². The van der Waals surface area contributed by atoms with Crippen LogP contribution in [0.5, 0.6) is 11.5 Å². The molecule has 0 aliphatic carbocycles. The highest BCUT2D eigenvalue weighted by molar-refractivity contribution is 5.79. The van der Waals surface area contributed by atoms with Crippen molar-refractivity contribution in [2.75, 3.05) is 14.2 Å². The number of amides is 1. The Morgan fingerprint density at radius 1 is 1.17 bits per heavy atom. The van der Waals surface area contributed by atoms with Crippen molar-refractivity contribution in [3.05, 3.63) is 64.4 Å². The maximum Gasteiger partial charge on any atom is 0.438 e. The van der Waals surface area contributed by atoms with Crippen molar-refractivity contribution in [1.29, 1.82) is 0 Å². The minimum absolute atomic E-state index is 0.00883. The number of benzene rings is 2. The lowest BCUT2D eigenvalue weighted by Crippen LogP contribution is -2.34. The topological polar surface area (TPSA) is 95.6 Å². The summed E-state index contributed by atoms with van der Waals surface area (Å²) < 4.78 is 29.5. The van der Waals surface area contributed by atoms with Gasteiger partial charge in [0.1, 0.15) is 11.9 Å². The zero-order valence-electron chi connectivity index (χ0n) is 16.1. The van der Waals surface area contributed by atoms with E-state index < -0.39 is 23.5 Å². The molecule has 0 radical (unpaired) electrons. The fourth-order valence-corrected chi connectivity index (χ4v) is 2.68. The van der Waals surface area contributed by atoms with Gasteiger partial charge in [0, 0.05) is 12.1 Å². The van der Waals surface area contributed by atoms with E-state index >= 15 is 0 Å². The summed E-state index contributed by atoms with van der Waals surface area (Å²) in [7, 11) is 3.06. The molecule has 1 atom stereocenters. The van der Waals surface area contributed by atoms with Gasteiger partial charge >= 0.3 is 5.76 Å². The third-order valence-corrected chi connectivity index (χ3v) is 4.32. The van der Waals surface area contributed by atoms with Crippen LogP contribution in [-0.4, -0.2) is 29.9 Å². The molecule has 0 fully saturated rings. The summed E-state index contributed by atoms with van der Waals surface area (Å²) in [5, 5.41) is 6.80. The molecule has 29 heavy (non-hydrogen) atoms. The van der Waals surface area contributed by atoms with Crippen molar-refractivity contribution in [3.63, 3.8) is 0 Å². The standard InChI is InChI=1S/C20H20FN3O5/c1-12(18(25)22-11-13-4-9-16(27-2)17(10-13)28-3)24-20(26)29-19(23-24)14-5-7-15(21)8-6-14/h4-10,12H,11H2,1-3H3,(H,22,25)/t12-/m0/s1. The third-order valence-electron chi connectivity index (χ3n) is 4.32. The second kappa shape index (κ2) is 8.59. The average molecular weight is 401 g/mol. The number of nitrogens with one attached hydrogen (secondary N) is 1. The Morgan fingerprint density at radius 2 is 1.86 bits per heavy atom. The normalized spacial score (nSPS) is 11.7. The van der Waals surface area contributed by atoms with Crippen LogP contribution in [-0.2, 0) is 11.3 Å². The van der Waals surface area contributed by atoms with E-state index in [1.54, 1.807) is 18.2 Å². The minimum Gasteiger partial charge on any atom is -0.493 e. The Balaban J connectivity index is 1.70. The molecule has 1 heterocycles. The number of hydrogen-bond acceptors (Lipinski definition) is 6. The summed E-state index contributed by atoms with van der Waals surface area (Å²) in [4.78, 5) is 24.6. The number of carbonyl (C=O) groups excluding carboxylic acids is 1. The minimum atomic E-state index is -0.902. The SMILES string of the molecule is COc1ccc(CNC(=O)[C@H](C)n2nc(-c3ccc(F)cc3)oc2=O)cc1OC. The van der Waals surface area contributed by atoms with E-state index in [0.29, 0.717) is 17.1 Å². The van der Waals surface area contributed by atoms with E-state index in [4.69, 9.17) is 13.9 Å². The second-order valence-corrected chi connectivity index (χ2v) is 6.21. The van der Waals surface area contributed by atoms with E-state index in [0.717, 1.165) is 10.2 Å². The smallest absolute Gasteiger partial charge is 0.438 e. The fourth-order valence-electron chi connectivity index (χ4n) is 2.68. The van der Waals surface area contributed by atoms with E-state index in [9.17, 15) is 14.0 Å². The zero-order valence-corrected chi connectivity index (χ0v) is 16.1. The molecule has 0 saturated carbocycles. The van der Waals surface area contributed by atoms with Gasteiger partial charge in [-0.3, -0.25) is 4.79 Å². The zero-order chi connectivity index (χ0) is 21.0. The van der Waals surface area contributed by atoms with Gasteiger partial charge in [-0.15, -0.1) is 5.10 Å². The Labute approximate surface area is 165 Å². The summed E-state index contributed by atoms with van der Waals surface area (Å²) >= 11 is 0. The van der Waals surface area contributed by atoms with Crippen molar-refractivity contribution >= 4 is 5.91 Å². The molecule has 3 rings (SSSR count). The van der Waals surface area contributed by atoms with Gasteiger partial charge in [-0.25, -0.2) is 9.18 Å². The molecule has 1 amide bonds. The van der Waals surface area contributed by atoms with E-state index in [2.05, 4.69) is 10.4 Å².